The molecule has 0 saturated heterocycles. The number of hydrogen-bond donors (Lipinski definition) is 2. The maximum Gasteiger partial charge on any atom is 0.331 e. The van der Waals surface area contributed by atoms with Gasteiger partial charge in [0.2, 0.25) is 0 Å². The molecule has 2 aromatic rings. The van der Waals surface area contributed by atoms with Crippen LogP contribution in [-0.4, -0.2) is 38.8 Å². The van der Waals surface area contributed by atoms with Crippen LogP contribution in [0.3, 0.4) is 0 Å². The summed E-state index contributed by atoms with van der Waals surface area (Å²) >= 11 is 0. The van der Waals surface area contributed by atoms with Crippen LogP contribution in [0.2, 0.25) is 0 Å². The van der Waals surface area contributed by atoms with Crippen molar-refractivity contribution in [2.75, 3.05) is 11.9 Å². The number of esters is 1. The summed E-state index contributed by atoms with van der Waals surface area (Å²) in [6, 6.07) is 12.7. The van der Waals surface area contributed by atoms with E-state index in [1.807, 2.05) is 25.1 Å². The minimum atomic E-state index is -3.69. The Bertz CT molecular complexity index is 1080. The number of sulfonamides is 1. The number of aliphatic imine (C=N–C) groups is 1. The van der Waals surface area contributed by atoms with Crippen LogP contribution in [0, 0.1) is 0 Å². The summed E-state index contributed by atoms with van der Waals surface area (Å²) in [7, 11) is -3.69. The van der Waals surface area contributed by atoms with Gasteiger partial charge in [-0.3, -0.25) is 14.5 Å². The molecular weight excluding hydrogens is 394 g/mol. The second kappa shape index (κ2) is 8.44. The number of nitrogens with one attached hydrogen (secondary N) is 2. The zero-order valence-corrected chi connectivity index (χ0v) is 16.8. The molecule has 1 amide bonds. The molecule has 1 heterocycles. The molecule has 0 bridgehead atoms. The number of ether oxygens (including phenoxy) is 1. The van der Waals surface area contributed by atoms with Crippen molar-refractivity contribution >= 4 is 33.4 Å². The molecule has 0 aliphatic carbocycles. The quantitative estimate of drug-likeness (QED) is 0.699. The fourth-order valence-corrected chi connectivity index (χ4v) is 4.04. The van der Waals surface area contributed by atoms with E-state index >= 15 is 0 Å². The van der Waals surface area contributed by atoms with E-state index in [-0.39, 0.29) is 10.7 Å². The molecule has 0 fully saturated rings. The Labute approximate surface area is 169 Å². The molecule has 3 rings (SSSR count). The van der Waals surface area contributed by atoms with Gasteiger partial charge in [-0.1, -0.05) is 31.2 Å². The largest absolute Gasteiger partial charge is 0.454 e. The van der Waals surface area contributed by atoms with Crippen LogP contribution in [0.4, 0.5) is 5.69 Å². The molecule has 0 spiro atoms. The molecule has 2 N–H and O–H groups in total. The number of rotatable bonds is 6. The number of carbonyl (C=O) groups excluding carboxylic acids is 2. The van der Waals surface area contributed by atoms with Crippen LogP contribution in [0.25, 0.3) is 0 Å². The number of nitrogens with zero attached hydrogens (tertiary/aromatic N) is 1. The van der Waals surface area contributed by atoms with Gasteiger partial charge >= 0.3 is 5.97 Å². The lowest BCUT2D eigenvalue weighted by Gasteiger charge is -2.10. The van der Waals surface area contributed by atoms with Crippen molar-refractivity contribution in [2.24, 2.45) is 4.99 Å². The Morgan fingerprint density at radius 3 is 2.69 bits per heavy atom. The number of carbonyl (C=O) groups is 2. The fraction of sp³-hybridized carbons (Fsp3) is 0.250. The highest BCUT2D eigenvalue weighted by Crippen LogP contribution is 2.22. The molecule has 1 atom stereocenters. The second-order valence-electron chi connectivity index (χ2n) is 6.47. The fourth-order valence-electron chi connectivity index (χ4n) is 2.80. The van der Waals surface area contributed by atoms with Gasteiger partial charge in [0.15, 0.2) is 6.61 Å². The van der Waals surface area contributed by atoms with Crippen LogP contribution >= 0.6 is 0 Å². The smallest absolute Gasteiger partial charge is 0.331 e. The molecule has 2 aromatic carbocycles. The van der Waals surface area contributed by atoms with E-state index in [0.717, 1.165) is 12.0 Å². The van der Waals surface area contributed by atoms with Gasteiger partial charge in [0.1, 0.15) is 11.9 Å². The highest BCUT2D eigenvalue weighted by Gasteiger charge is 2.31. The van der Waals surface area contributed by atoms with Gasteiger partial charge in [-0.2, -0.15) is 0 Å². The lowest BCUT2D eigenvalue weighted by molar-refractivity contribution is -0.148. The van der Waals surface area contributed by atoms with Crippen molar-refractivity contribution in [3.63, 3.8) is 0 Å². The maximum atomic E-state index is 12.2. The summed E-state index contributed by atoms with van der Waals surface area (Å²) < 4.78 is 31.5. The lowest BCUT2D eigenvalue weighted by Crippen LogP contribution is -2.28. The predicted octanol–water partition coefficient (Wildman–Crippen LogP) is 1.86. The van der Waals surface area contributed by atoms with E-state index in [4.69, 9.17) is 4.74 Å². The van der Waals surface area contributed by atoms with Crippen LogP contribution in [0.15, 0.2) is 58.4 Å². The summed E-state index contributed by atoms with van der Waals surface area (Å²) in [5.41, 5.74) is 2.08. The molecule has 8 nitrogen and oxygen atoms in total. The first-order valence-corrected chi connectivity index (χ1v) is 10.5. The summed E-state index contributed by atoms with van der Waals surface area (Å²) in [6.45, 7) is 3.01. The van der Waals surface area contributed by atoms with E-state index in [2.05, 4.69) is 15.0 Å². The monoisotopic (exact) mass is 415 g/mol. The third-order valence-electron chi connectivity index (χ3n) is 4.29. The normalized spacial score (nSPS) is 16.6. The highest BCUT2D eigenvalue weighted by molar-refractivity contribution is 7.90. The molecule has 0 aromatic heterocycles. The van der Waals surface area contributed by atoms with Crippen LogP contribution in [-0.2, 0) is 30.8 Å². The molecule has 29 heavy (non-hydrogen) atoms. The predicted molar refractivity (Wildman–Crippen MR) is 108 cm³/mol. The third-order valence-corrected chi connectivity index (χ3v) is 5.69. The van der Waals surface area contributed by atoms with Gasteiger partial charge in [-0.05, 0) is 43.2 Å². The first-order chi connectivity index (χ1) is 13.8. The van der Waals surface area contributed by atoms with Gasteiger partial charge in [-0.15, -0.1) is 0 Å². The lowest BCUT2D eigenvalue weighted by atomic mass is 10.1. The zero-order chi connectivity index (χ0) is 21.0. The van der Waals surface area contributed by atoms with Crippen molar-refractivity contribution in [3.05, 3.63) is 59.7 Å². The van der Waals surface area contributed by atoms with Crippen molar-refractivity contribution in [1.29, 1.82) is 0 Å². The van der Waals surface area contributed by atoms with Gasteiger partial charge in [-0.25, -0.2) is 13.2 Å². The highest BCUT2D eigenvalue weighted by atomic mass is 32.2. The number of amidine groups is 1. The number of benzene rings is 2. The standard InChI is InChI=1S/C20H21N3O5S/c1-3-14-7-6-8-15(11-14)22-18(24)12-28-20(25)13(2)21-19-16-9-4-5-10-17(16)29(26,27)23-19/h4-11,13H,3,12H2,1-2H3,(H,21,23)(H,22,24)/t13-/m0/s1. The third kappa shape index (κ3) is 4.80. The van der Waals surface area contributed by atoms with Crippen LogP contribution in [0.1, 0.15) is 25.0 Å². The van der Waals surface area contributed by atoms with E-state index in [1.165, 1.54) is 13.0 Å². The van der Waals surface area contributed by atoms with E-state index in [1.54, 1.807) is 24.3 Å². The number of aryl methyl sites for hydroxylation is 1. The molecule has 152 valence electrons. The Kier molecular flexibility index (Phi) is 5.97. The van der Waals surface area contributed by atoms with Crippen LogP contribution < -0.4 is 10.0 Å². The number of hydrogen-bond acceptors (Lipinski definition) is 6. The van der Waals surface area contributed by atoms with Gasteiger partial charge in [0.25, 0.3) is 15.9 Å². The maximum absolute atomic E-state index is 12.2. The van der Waals surface area contributed by atoms with Crippen molar-refractivity contribution in [1.82, 2.24) is 4.72 Å². The van der Waals surface area contributed by atoms with Crippen LogP contribution in [0.5, 0.6) is 0 Å². The van der Waals surface area contributed by atoms with Gasteiger partial charge in [0, 0.05) is 11.3 Å². The van der Waals surface area contributed by atoms with E-state index in [9.17, 15) is 18.0 Å². The SMILES string of the molecule is CCc1cccc(NC(=O)COC(=O)[C@H](C)N=C2NS(=O)(=O)c3ccccc32)c1. The first-order valence-electron chi connectivity index (χ1n) is 9.05. The first kappa shape index (κ1) is 20.5. The number of anilines is 1. The van der Waals surface area contributed by atoms with Crippen molar-refractivity contribution in [3.8, 4) is 0 Å². The van der Waals surface area contributed by atoms with Crippen molar-refractivity contribution in [2.45, 2.75) is 31.2 Å². The molecule has 9 heteroatoms. The summed E-state index contributed by atoms with van der Waals surface area (Å²) in [5.74, 6) is -1.14. The van der Waals surface area contributed by atoms with E-state index < -0.39 is 34.5 Å². The van der Waals surface area contributed by atoms with E-state index in [0.29, 0.717) is 11.3 Å². The Hall–Kier alpha value is -3.20. The van der Waals surface area contributed by atoms with Gasteiger partial charge in [0.05, 0.1) is 4.90 Å². The van der Waals surface area contributed by atoms with Gasteiger partial charge < -0.3 is 10.1 Å². The molecule has 0 unspecified atom stereocenters. The Morgan fingerprint density at radius 2 is 1.93 bits per heavy atom. The number of amides is 1. The molecule has 1 aliphatic heterocycles. The Morgan fingerprint density at radius 1 is 1.17 bits per heavy atom. The summed E-state index contributed by atoms with van der Waals surface area (Å²) in [5, 5.41) is 2.66. The molecule has 0 radical (unpaired) electrons. The number of fused-ring (bicyclic) bond motifs is 1. The van der Waals surface area contributed by atoms with Crippen molar-refractivity contribution < 1.29 is 22.7 Å². The average Bonchev–Trinajstić information content (AvgIpc) is 2.96. The minimum absolute atomic E-state index is 0.0749. The topological polar surface area (TPSA) is 114 Å². The Balaban J connectivity index is 1.60. The summed E-state index contributed by atoms with van der Waals surface area (Å²) in [6.07, 6.45) is 0.837. The second-order valence-corrected chi connectivity index (χ2v) is 8.12. The average molecular weight is 415 g/mol. The molecule has 0 saturated carbocycles. The zero-order valence-electron chi connectivity index (χ0n) is 16.0. The molecule has 1 aliphatic rings. The summed E-state index contributed by atoms with van der Waals surface area (Å²) in [4.78, 5) is 28.4. The minimum Gasteiger partial charge on any atom is -0.454 e. The molecular formula is C20H21N3O5S.